The molecule has 11 nitrogen and oxygen atoms in total. The van der Waals surface area contributed by atoms with Crippen molar-refractivity contribution in [2.45, 2.75) is 31.0 Å². The van der Waals surface area contributed by atoms with Crippen LogP contribution in [0.3, 0.4) is 0 Å². The summed E-state index contributed by atoms with van der Waals surface area (Å²) in [5.41, 5.74) is 15.5. The SMILES string of the molecule is COc1cccc([C@@H]2OC(c3ccc(OCCCO)cc3)=N[C@]2(Cc2ccccc2N=[N+]=[N-])C(=O)NNCc2ccc(F)c(F)c2)c1. The van der Waals surface area contributed by atoms with Crippen molar-refractivity contribution in [3.8, 4) is 11.5 Å². The number of rotatable bonds is 14. The third-order valence-electron chi connectivity index (χ3n) is 7.51. The monoisotopic (exact) mass is 642 g/mol. The van der Waals surface area contributed by atoms with Crippen molar-refractivity contribution in [2.24, 2.45) is 10.1 Å². The van der Waals surface area contributed by atoms with Gasteiger partial charge < -0.3 is 19.3 Å². The molecular weight excluding hydrogens is 610 g/mol. The molecule has 1 amide bonds. The first-order valence-electron chi connectivity index (χ1n) is 14.7. The number of aliphatic hydroxyl groups is 1. The minimum absolute atomic E-state index is 0.0109. The first-order chi connectivity index (χ1) is 22.9. The highest BCUT2D eigenvalue weighted by Crippen LogP contribution is 2.44. The second kappa shape index (κ2) is 15.2. The first kappa shape index (κ1) is 32.9. The van der Waals surface area contributed by atoms with E-state index < -0.39 is 29.2 Å². The Balaban J connectivity index is 1.57. The van der Waals surface area contributed by atoms with Crippen molar-refractivity contribution in [1.82, 2.24) is 10.9 Å². The van der Waals surface area contributed by atoms with E-state index in [4.69, 9.17) is 24.3 Å². The highest BCUT2D eigenvalue weighted by molar-refractivity contribution is 6.01. The van der Waals surface area contributed by atoms with Gasteiger partial charge in [-0.1, -0.05) is 47.6 Å². The van der Waals surface area contributed by atoms with Crippen LogP contribution in [0.4, 0.5) is 14.5 Å². The molecule has 242 valence electrons. The zero-order valence-corrected chi connectivity index (χ0v) is 25.4. The van der Waals surface area contributed by atoms with Gasteiger partial charge in [-0.2, -0.15) is 0 Å². The minimum Gasteiger partial charge on any atom is -0.497 e. The van der Waals surface area contributed by atoms with Crippen LogP contribution in [-0.4, -0.2) is 42.8 Å². The Kier molecular flexibility index (Phi) is 10.6. The van der Waals surface area contributed by atoms with Crippen LogP contribution < -0.4 is 20.3 Å². The van der Waals surface area contributed by atoms with Gasteiger partial charge in [-0.3, -0.25) is 10.2 Å². The Bertz CT molecular complexity index is 1800. The quantitative estimate of drug-likeness (QED) is 0.0505. The number of aliphatic hydroxyl groups excluding tert-OH is 1. The first-order valence-corrected chi connectivity index (χ1v) is 14.7. The summed E-state index contributed by atoms with van der Waals surface area (Å²) in [7, 11) is 1.53. The zero-order chi connectivity index (χ0) is 33.2. The molecule has 1 aliphatic rings. The summed E-state index contributed by atoms with van der Waals surface area (Å²) < 4.78 is 44.9. The maximum Gasteiger partial charge on any atom is 0.266 e. The lowest BCUT2D eigenvalue weighted by molar-refractivity contribution is -0.130. The molecule has 0 aromatic heterocycles. The summed E-state index contributed by atoms with van der Waals surface area (Å²) in [5.74, 6) is -1.29. The van der Waals surface area contributed by atoms with Crippen molar-refractivity contribution in [3.05, 3.63) is 135 Å². The summed E-state index contributed by atoms with van der Waals surface area (Å²) in [6.07, 6.45) is -0.551. The molecule has 0 radical (unpaired) electrons. The van der Waals surface area contributed by atoms with Crippen LogP contribution in [0, 0.1) is 11.6 Å². The Morgan fingerprint density at radius 1 is 1.04 bits per heavy atom. The largest absolute Gasteiger partial charge is 0.497 e. The second-order valence-corrected chi connectivity index (χ2v) is 10.6. The van der Waals surface area contributed by atoms with Crippen LogP contribution in [0.1, 0.15) is 34.8 Å². The molecule has 5 rings (SSSR count). The van der Waals surface area contributed by atoms with Gasteiger partial charge in [0, 0.05) is 42.2 Å². The predicted molar refractivity (Wildman–Crippen MR) is 170 cm³/mol. The number of nitrogens with one attached hydrogen (secondary N) is 2. The molecular formula is C34H32F2N6O5. The van der Waals surface area contributed by atoms with Crippen LogP contribution in [0.5, 0.6) is 11.5 Å². The number of hydrazine groups is 1. The fourth-order valence-corrected chi connectivity index (χ4v) is 5.17. The summed E-state index contributed by atoms with van der Waals surface area (Å²) >= 11 is 0. The number of azide groups is 1. The molecule has 47 heavy (non-hydrogen) atoms. The molecule has 13 heteroatoms. The Morgan fingerprint density at radius 3 is 2.60 bits per heavy atom. The van der Waals surface area contributed by atoms with E-state index in [1.807, 2.05) is 0 Å². The van der Waals surface area contributed by atoms with E-state index in [1.165, 1.54) is 13.2 Å². The molecule has 1 aliphatic heterocycles. The zero-order valence-electron chi connectivity index (χ0n) is 25.4. The fourth-order valence-electron chi connectivity index (χ4n) is 5.17. The minimum atomic E-state index is -1.67. The van der Waals surface area contributed by atoms with Crippen LogP contribution in [0.15, 0.2) is 101 Å². The highest BCUT2D eigenvalue weighted by atomic mass is 19.2. The number of amides is 1. The molecule has 1 heterocycles. The number of hydrogen-bond donors (Lipinski definition) is 3. The maximum absolute atomic E-state index is 14.4. The highest BCUT2D eigenvalue weighted by Gasteiger charge is 2.53. The molecule has 0 saturated heterocycles. The van der Waals surface area contributed by atoms with Crippen LogP contribution in [-0.2, 0) is 22.5 Å². The number of methoxy groups -OCH3 is 1. The number of ether oxygens (including phenoxy) is 3. The van der Waals surface area contributed by atoms with E-state index in [1.54, 1.807) is 72.8 Å². The summed E-state index contributed by atoms with van der Waals surface area (Å²) in [4.78, 5) is 22.3. The van der Waals surface area contributed by atoms with Gasteiger partial charge >= 0.3 is 0 Å². The molecule has 0 unspecified atom stereocenters. The van der Waals surface area contributed by atoms with E-state index in [2.05, 4.69) is 20.9 Å². The summed E-state index contributed by atoms with van der Waals surface area (Å²) in [6, 6.07) is 24.3. The fraction of sp³-hybridized carbons (Fsp3) is 0.235. The number of carbonyl (C=O) groups is 1. The van der Waals surface area contributed by atoms with E-state index in [9.17, 15) is 19.1 Å². The number of benzene rings is 4. The molecule has 3 N–H and O–H groups in total. The third kappa shape index (κ3) is 7.67. The van der Waals surface area contributed by atoms with Gasteiger partial charge in [0.15, 0.2) is 23.3 Å². The normalized spacial score (nSPS) is 16.9. The number of carbonyl (C=O) groups excluding carboxylic acids is 1. The van der Waals surface area contributed by atoms with Crippen LogP contribution in [0.25, 0.3) is 10.4 Å². The van der Waals surface area contributed by atoms with Crippen molar-refractivity contribution in [2.75, 3.05) is 20.3 Å². The Hall–Kier alpha value is -5.49. The van der Waals surface area contributed by atoms with Gasteiger partial charge in [0.2, 0.25) is 5.90 Å². The second-order valence-electron chi connectivity index (χ2n) is 10.6. The Labute approximate surface area is 269 Å². The van der Waals surface area contributed by atoms with E-state index in [0.717, 1.165) is 12.1 Å². The van der Waals surface area contributed by atoms with Crippen molar-refractivity contribution in [1.29, 1.82) is 0 Å². The van der Waals surface area contributed by atoms with E-state index >= 15 is 0 Å². The molecule has 4 aromatic rings. The van der Waals surface area contributed by atoms with Crippen molar-refractivity contribution in [3.63, 3.8) is 0 Å². The third-order valence-corrected chi connectivity index (χ3v) is 7.51. The van der Waals surface area contributed by atoms with Gasteiger partial charge in [-0.25, -0.2) is 19.2 Å². The van der Waals surface area contributed by atoms with Gasteiger partial charge in [-0.15, -0.1) is 0 Å². The maximum atomic E-state index is 14.4. The molecule has 2 atom stereocenters. The lowest BCUT2D eigenvalue weighted by Crippen LogP contribution is -2.53. The Morgan fingerprint density at radius 2 is 1.85 bits per heavy atom. The lowest BCUT2D eigenvalue weighted by Gasteiger charge is -2.31. The topological polar surface area (TPSA) is 150 Å². The molecule has 4 aromatic carbocycles. The molecule has 0 saturated carbocycles. The molecule has 0 bridgehead atoms. The number of halogens is 2. The standard InChI is InChI=1S/C34H32F2N6O5/c1-45-27-8-4-7-24(19-27)31-34(20-25-6-2-3-9-30(25)40-42-37,33(44)41-38-21-22-10-15-28(35)29(36)18-22)39-32(47-31)23-11-13-26(14-12-23)46-17-5-16-43/h2-4,6-15,18-19,31,38,43H,5,16-17,20-21H2,1H3,(H,41,44)/t31-,34-/m0/s1. The molecule has 0 fully saturated rings. The van der Waals surface area contributed by atoms with Gasteiger partial charge in [0.1, 0.15) is 11.5 Å². The van der Waals surface area contributed by atoms with Gasteiger partial charge in [0.05, 0.1) is 13.7 Å². The average Bonchev–Trinajstić information content (AvgIpc) is 3.48. The summed E-state index contributed by atoms with van der Waals surface area (Å²) in [5, 5.41) is 12.9. The van der Waals surface area contributed by atoms with Gasteiger partial charge in [-0.05, 0) is 70.8 Å². The van der Waals surface area contributed by atoms with Crippen molar-refractivity contribution >= 4 is 17.5 Å². The van der Waals surface area contributed by atoms with Crippen LogP contribution >= 0.6 is 0 Å². The number of aliphatic imine (C=N–C) groups is 1. The molecule has 0 spiro atoms. The predicted octanol–water partition coefficient (Wildman–Crippen LogP) is 6.00. The number of hydrogen-bond acceptors (Lipinski definition) is 8. The van der Waals surface area contributed by atoms with Gasteiger partial charge in [0.25, 0.3) is 5.91 Å². The lowest BCUT2D eigenvalue weighted by atomic mass is 9.81. The molecule has 0 aliphatic carbocycles. The number of nitrogens with zero attached hydrogens (tertiary/aromatic N) is 4. The average molecular weight is 643 g/mol. The summed E-state index contributed by atoms with van der Waals surface area (Å²) in [6.45, 7) is 0.334. The smallest absolute Gasteiger partial charge is 0.266 e. The van der Waals surface area contributed by atoms with E-state index in [0.29, 0.717) is 52.5 Å². The van der Waals surface area contributed by atoms with Crippen molar-refractivity contribution < 1.29 is 32.9 Å². The van der Waals surface area contributed by atoms with E-state index in [-0.39, 0.29) is 25.5 Å². The van der Waals surface area contributed by atoms with Crippen LogP contribution in [0.2, 0.25) is 0 Å².